The minimum atomic E-state index is -3.36. The number of primary sulfonamides is 1. The Balaban J connectivity index is 1.89. The summed E-state index contributed by atoms with van der Waals surface area (Å²) in [4.78, 5) is 0. The van der Waals surface area contributed by atoms with Gasteiger partial charge in [0.15, 0.2) is 0 Å². The normalized spacial score (nSPS) is 11.7. The van der Waals surface area contributed by atoms with E-state index < -0.39 is 10.0 Å². The molecule has 0 spiro atoms. The first-order valence-corrected chi connectivity index (χ1v) is 8.77. The summed E-state index contributed by atoms with van der Waals surface area (Å²) < 4.78 is 28.2. The molecule has 0 aliphatic rings. The molecule has 0 aliphatic carbocycles. The maximum atomic E-state index is 10.8. The molecule has 6 heteroatoms. The summed E-state index contributed by atoms with van der Waals surface area (Å²) in [6, 6.07) is 11.9. The van der Waals surface area contributed by atoms with Gasteiger partial charge in [0.25, 0.3) is 0 Å². The number of unbranched alkanes of at least 4 members (excludes halogenated alkanes) is 1. The van der Waals surface area contributed by atoms with Crippen LogP contribution in [0.25, 0.3) is 10.8 Å². The number of sulfonamides is 1. The number of rotatable bonds is 6. The van der Waals surface area contributed by atoms with Gasteiger partial charge in [-0.2, -0.15) is 0 Å². The van der Waals surface area contributed by atoms with Crippen LogP contribution in [0.15, 0.2) is 40.9 Å². The Hall–Kier alpha value is -1.11. The van der Waals surface area contributed by atoms with E-state index in [0.29, 0.717) is 19.4 Å². The van der Waals surface area contributed by atoms with Crippen molar-refractivity contribution in [1.29, 1.82) is 0 Å². The molecule has 4 nitrogen and oxygen atoms in total. The number of ether oxygens (including phenoxy) is 1. The molecule has 0 saturated heterocycles. The number of nitrogens with two attached hydrogens (primary N) is 1. The van der Waals surface area contributed by atoms with Crippen molar-refractivity contribution < 1.29 is 13.2 Å². The van der Waals surface area contributed by atoms with Crippen molar-refractivity contribution in [3.05, 3.63) is 40.9 Å². The van der Waals surface area contributed by atoms with Crippen molar-refractivity contribution in [1.82, 2.24) is 0 Å². The third kappa shape index (κ3) is 4.77. The monoisotopic (exact) mass is 357 g/mol. The Kier molecular flexibility index (Phi) is 5.01. The van der Waals surface area contributed by atoms with Gasteiger partial charge in [-0.05, 0) is 47.9 Å². The second-order valence-corrected chi connectivity index (χ2v) is 7.23. The van der Waals surface area contributed by atoms with Gasteiger partial charge in [0, 0.05) is 4.47 Å². The molecule has 0 amide bonds. The molecule has 20 heavy (non-hydrogen) atoms. The van der Waals surface area contributed by atoms with Crippen LogP contribution in [-0.2, 0) is 10.0 Å². The van der Waals surface area contributed by atoms with Crippen molar-refractivity contribution in [2.24, 2.45) is 5.14 Å². The van der Waals surface area contributed by atoms with Crippen molar-refractivity contribution in [2.75, 3.05) is 12.4 Å². The molecule has 0 fully saturated rings. The number of hydrogen-bond acceptors (Lipinski definition) is 3. The first-order valence-electron chi connectivity index (χ1n) is 6.27. The predicted molar refractivity (Wildman–Crippen MR) is 84.4 cm³/mol. The van der Waals surface area contributed by atoms with Gasteiger partial charge in [-0.25, -0.2) is 13.6 Å². The fourth-order valence-electron chi connectivity index (χ4n) is 1.88. The fraction of sp³-hybridized carbons (Fsp3) is 0.286. The topological polar surface area (TPSA) is 69.4 Å². The summed E-state index contributed by atoms with van der Waals surface area (Å²) in [7, 11) is -3.36. The van der Waals surface area contributed by atoms with Crippen LogP contribution >= 0.6 is 15.9 Å². The molecule has 2 aromatic rings. The second kappa shape index (κ2) is 6.56. The lowest BCUT2D eigenvalue weighted by Gasteiger charge is -2.07. The van der Waals surface area contributed by atoms with E-state index >= 15 is 0 Å². The Bertz CT molecular complexity index is 701. The van der Waals surface area contributed by atoms with E-state index in [0.717, 1.165) is 21.0 Å². The summed E-state index contributed by atoms with van der Waals surface area (Å²) in [6.07, 6.45) is 1.17. The second-order valence-electron chi connectivity index (χ2n) is 4.58. The van der Waals surface area contributed by atoms with Gasteiger partial charge >= 0.3 is 0 Å². The summed E-state index contributed by atoms with van der Waals surface area (Å²) >= 11 is 3.44. The van der Waals surface area contributed by atoms with Crippen molar-refractivity contribution in [2.45, 2.75) is 12.8 Å². The third-order valence-corrected chi connectivity index (χ3v) is 4.22. The average Bonchev–Trinajstić information content (AvgIpc) is 2.37. The molecular formula is C14H16BrNO3S. The quantitative estimate of drug-likeness (QED) is 0.807. The summed E-state index contributed by atoms with van der Waals surface area (Å²) in [6.45, 7) is 0.484. The molecule has 2 rings (SSSR count). The number of hydrogen-bond donors (Lipinski definition) is 1. The first-order chi connectivity index (χ1) is 9.44. The molecule has 108 valence electrons. The predicted octanol–water partition coefficient (Wildman–Crippen LogP) is 3.05. The molecule has 2 N–H and O–H groups in total. The number of benzene rings is 2. The highest BCUT2D eigenvalue weighted by atomic mass is 79.9. The first kappa shape index (κ1) is 15.3. The Morgan fingerprint density at radius 3 is 2.50 bits per heavy atom. The lowest BCUT2D eigenvalue weighted by atomic mass is 10.1. The summed E-state index contributed by atoms with van der Waals surface area (Å²) in [5.74, 6) is 0.790. The van der Waals surface area contributed by atoms with Crippen LogP contribution in [0.5, 0.6) is 5.75 Å². The lowest BCUT2D eigenvalue weighted by Crippen LogP contribution is -2.16. The maximum absolute atomic E-state index is 10.8. The molecular weight excluding hydrogens is 342 g/mol. The summed E-state index contributed by atoms with van der Waals surface area (Å²) in [5.41, 5.74) is 0. The smallest absolute Gasteiger partial charge is 0.209 e. The molecule has 0 unspecified atom stereocenters. The fourth-order valence-corrected chi connectivity index (χ4v) is 2.87. The highest BCUT2D eigenvalue weighted by molar-refractivity contribution is 9.10. The molecule has 0 aliphatic heterocycles. The molecule has 0 saturated carbocycles. The molecule has 0 radical (unpaired) electrons. The van der Waals surface area contributed by atoms with Crippen LogP contribution in [0.1, 0.15) is 12.8 Å². The van der Waals surface area contributed by atoms with Gasteiger partial charge in [-0.3, -0.25) is 0 Å². The molecule has 0 atom stereocenters. The van der Waals surface area contributed by atoms with Crippen LogP contribution in [0.2, 0.25) is 0 Å². The minimum absolute atomic E-state index is 0.00209. The van der Waals surface area contributed by atoms with E-state index in [1.807, 2.05) is 36.4 Å². The van der Waals surface area contributed by atoms with E-state index in [4.69, 9.17) is 9.88 Å². The number of fused-ring (bicyclic) bond motifs is 1. The van der Waals surface area contributed by atoms with E-state index in [2.05, 4.69) is 15.9 Å². The van der Waals surface area contributed by atoms with Gasteiger partial charge in [-0.1, -0.05) is 28.1 Å². The highest BCUT2D eigenvalue weighted by Crippen LogP contribution is 2.24. The van der Waals surface area contributed by atoms with E-state index in [-0.39, 0.29) is 5.75 Å². The van der Waals surface area contributed by atoms with Crippen molar-refractivity contribution in [3.8, 4) is 5.75 Å². The molecule has 2 aromatic carbocycles. The van der Waals surface area contributed by atoms with Crippen LogP contribution < -0.4 is 9.88 Å². The van der Waals surface area contributed by atoms with Crippen molar-refractivity contribution >= 4 is 36.7 Å². The average molecular weight is 358 g/mol. The highest BCUT2D eigenvalue weighted by Gasteiger charge is 2.02. The van der Waals surface area contributed by atoms with Gasteiger partial charge in [0.2, 0.25) is 10.0 Å². The van der Waals surface area contributed by atoms with Gasteiger partial charge in [0.05, 0.1) is 12.4 Å². The standard InChI is InChI=1S/C14H16BrNO3S/c15-13-5-3-12-10-14(6-4-11(12)9-13)19-7-1-2-8-20(16,17)18/h3-6,9-10H,1-2,7-8H2,(H2,16,17,18). The van der Waals surface area contributed by atoms with Crippen molar-refractivity contribution in [3.63, 3.8) is 0 Å². The zero-order valence-electron chi connectivity index (χ0n) is 10.9. The SMILES string of the molecule is NS(=O)(=O)CCCCOc1ccc2cc(Br)ccc2c1. The Morgan fingerprint density at radius 1 is 1.05 bits per heavy atom. The van der Waals surface area contributed by atoms with Crippen LogP contribution in [-0.4, -0.2) is 20.8 Å². The molecule has 0 aromatic heterocycles. The molecule has 0 heterocycles. The lowest BCUT2D eigenvalue weighted by molar-refractivity contribution is 0.310. The zero-order chi connectivity index (χ0) is 14.6. The van der Waals surface area contributed by atoms with Gasteiger partial charge < -0.3 is 4.74 Å². The van der Waals surface area contributed by atoms with Gasteiger partial charge in [0.1, 0.15) is 5.75 Å². The summed E-state index contributed by atoms with van der Waals surface area (Å²) in [5, 5.41) is 7.18. The largest absolute Gasteiger partial charge is 0.494 e. The Labute approximate surface area is 127 Å². The van der Waals surface area contributed by atoms with Crippen LogP contribution in [0.4, 0.5) is 0 Å². The molecule has 0 bridgehead atoms. The zero-order valence-corrected chi connectivity index (χ0v) is 13.3. The minimum Gasteiger partial charge on any atom is -0.494 e. The maximum Gasteiger partial charge on any atom is 0.209 e. The third-order valence-electron chi connectivity index (χ3n) is 2.87. The van der Waals surface area contributed by atoms with Crippen LogP contribution in [0, 0.1) is 0 Å². The van der Waals surface area contributed by atoms with Crippen LogP contribution in [0.3, 0.4) is 0 Å². The number of halogens is 1. The van der Waals surface area contributed by atoms with E-state index in [1.54, 1.807) is 0 Å². The Morgan fingerprint density at radius 2 is 1.75 bits per heavy atom. The van der Waals surface area contributed by atoms with E-state index in [9.17, 15) is 8.42 Å². The van der Waals surface area contributed by atoms with Gasteiger partial charge in [-0.15, -0.1) is 0 Å². The van der Waals surface area contributed by atoms with E-state index in [1.165, 1.54) is 0 Å².